The van der Waals surface area contributed by atoms with Crippen LogP contribution in [0.3, 0.4) is 0 Å². The van der Waals surface area contributed by atoms with Crippen molar-refractivity contribution in [3.8, 4) is 0 Å². The van der Waals surface area contributed by atoms with Crippen molar-refractivity contribution in [2.45, 2.75) is 104 Å². The third-order valence-corrected chi connectivity index (χ3v) is 4.82. The van der Waals surface area contributed by atoms with Crippen molar-refractivity contribution in [2.75, 3.05) is 33.4 Å². The number of nitrogens with zero attached hydrogens (tertiary/aromatic N) is 2. The molecule has 0 spiro atoms. The van der Waals surface area contributed by atoms with Crippen molar-refractivity contribution in [1.82, 2.24) is 9.80 Å². The molecule has 0 amide bonds. The Morgan fingerprint density at radius 2 is 1.04 bits per heavy atom. The summed E-state index contributed by atoms with van der Waals surface area (Å²) in [5, 5.41) is 0. The van der Waals surface area contributed by atoms with E-state index in [1.165, 1.54) is 110 Å². The molecule has 1 fully saturated rings. The van der Waals surface area contributed by atoms with Gasteiger partial charge in [0.2, 0.25) is 0 Å². The monoisotopic (exact) mass is 326 g/mol. The lowest BCUT2D eigenvalue weighted by molar-refractivity contribution is 0.269. The van der Waals surface area contributed by atoms with Crippen molar-refractivity contribution < 1.29 is 0 Å². The molecule has 0 aliphatic carbocycles. The van der Waals surface area contributed by atoms with Crippen LogP contribution in [-0.2, 0) is 0 Å². The van der Waals surface area contributed by atoms with Crippen LogP contribution >= 0.6 is 0 Å². The Kier molecular flexibility index (Phi) is 18.2. The van der Waals surface area contributed by atoms with E-state index in [0.29, 0.717) is 0 Å². The molecule has 1 rings (SSSR count). The summed E-state index contributed by atoms with van der Waals surface area (Å²) >= 11 is 0. The second kappa shape index (κ2) is 18.3. The first kappa shape index (κ1) is 22.9. The first-order valence-corrected chi connectivity index (χ1v) is 10.7. The number of hydrogen-bond acceptors (Lipinski definition) is 2. The summed E-state index contributed by atoms with van der Waals surface area (Å²) in [7, 11) is 2.23. The lowest BCUT2D eigenvalue weighted by Crippen LogP contribution is -2.24. The summed E-state index contributed by atoms with van der Waals surface area (Å²) in [4.78, 5) is 5.01. The molecule has 2 heteroatoms. The zero-order chi connectivity index (χ0) is 17.2. The Balaban J connectivity index is 0.00000232. The third-order valence-electron chi connectivity index (χ3n) is 4.82. The van der Waals surface area contributed by atoms with E-state index in [-0.39, 0.29) is 0 Å². The Morgan fingerprint density at radius 3 is 1.43 bits per heavy atom. The average Bonchev–Trinajstić information content (AvgIpc) is 2.99. The Morgan fingerprint density at radius 1 is 0.609 bits per heavy atom. The van der Waals surface area contributed by atoms with E-state index in [0.717, 1.165) is 0 Å². The van der Waals surface area contributed by atoms with Gasteiger partial charge in [-0.3, -0.25) is 9.80 Å². The number of unbranched alkanes of at least 4 members (excludes halogenated alkanes) is 12. The molecule has 0 aromatic heterocycles. The van der Waals surface area contributed by atoms with Crippen LogP contribution in [0.15, 0.2) is 0 Å². The zero-order valence-corrected chi connectivity index (χ0v) is 16.9. The van der Waals surface area contributed by atoms with Crippen molar-refractivity contribution >= 4 is 0 Å². The number of hydrogen-bond donors (Lipinski definition) is 0. The quantitative estimate of drug-likeness (QED) is 0.345. The molecule has 0 saturated carbocycles. The van der Waals surface area contributed by atoms with Crippen LogP contribution in [0.4, 0.5) is 0 Å². The first-order valence-electron chi connectivity index (χ1n) is 10.7. The minimum absolute atomic E-state index is 1.19. The molecule has 1 aliphatic heterocycles. The van der Waals surface area contributed by atoms with Gasteiger partial charge in [-0.15, -0.1) is 0 Å². The molecule has 0 bridgehead atoms. The van der Waals surface area contributed by atoms with E-state index in [1.807, 2.05) is 13.8 Å². The number of rotatable bonds is 14. The van der Waals surface area contributed by atoms with E-state index in [1.54, 1.807) is 0 Å². The van der Waals surface area contributed by atoms with Gasteiger partial charge in [0, 0.05) is 13.1 Å². The van der Waals surface area contributed by atoms with Gasteiger partial charge in [0.1, 0.15) is 0 Å². The molecule has 0 atom stereocenters. The van der Waals surface area contributed by atoms with E-state index in [4.69, 9.17) is 0 Å². The molecule has 2 nitrogen and oxygen atoms in total. The fourth-order valence-electron chi connectivity index (χ4n) is 3.33. The van der Waals surface area contributed by atoms with Gasteiger partial charge in [-0.2, -0.15) is 0 Å². The van der Waals surface area contributed by atoms with Gasteiger partial charge in [0.05, 0.1) is 6.67 Å². The summed E-state index contributed by atoms with van der Waals surface area (Å²) < 4.78 is 0. The molecule has 140 valence electrons. The lowest BCUT2D eigenvalue weighted by atomic mass is 10.0. The van der Waals surface area contributed by atoms with Crippen LogP contribution in [0, 0.1) is 0 Å². The normalized spacial score (nSPS) is 15.7. The van der Waals surface area contributed by atoms with Crippen molar-refractivity contribution in [2.24, 2.45) is 0 Å². The maximum absolute atomic E-state index is 2.60. The Labute approximate surface area is 148 Å². The van der Waals surface area contributed by atoms with Crippen LogP contribution in [-0.4, -0.2) is 43.2 Å². The molecular formula is C21H46N2. The van der Waals surface area contributed by atoms with E-state index in [2.05, 4.69) is 23.8 Å². The fourth-order valence-corrected chi connectivity index (χ4v) is 3.33. The minimum atomic E-state index is 1.19. The summed E-state index contributed by atoms with van der Waals surface area (Å²) in [6.07, 6.45) is 18.9. The molecule has 0 radical (unpaired) electrons. The molecule has 23 heavy (non-hydrogen) atoms. The summed E-state index contributed by atoms with van der Waals surface area (Å²) in [6, 6.07) is 0. The minimum Gasteiger partial charge on any atom is -0.292 e. The third kappa shape index (κ3) is 15.2. The Hall–Kier alpha value is -0.0800. The summed E-state index contributed by atoms with van der Waals surface area (Å²) in [6.45, 7) is 11.4. The van der Waals surface area contributed by atoms with Gasteiger partial charge >= 0.3 is 0 Å². The molecule has 1 aliphatic rings. The molecule has 0 N–H and O–H groups in total. The van der Waals surface area contributed by atoms with Crippen LogP contribution < -0.4 is 0 Å². The van der Waals surface area contributed by atoms with Gasteiger partial charge in [-0.1, -0.05) is 97.8 Å². The van der Waals surface area contributed by atoms with Crippen LogP contribution in [0.2, 0.25) is 0 Å². The maximum atomic E-state index is 2.60. The molecule has 1 heterocycles. The van der Waals surface area contributed by atoms with E-state index >= 15 is 0 Å². The van der Waals surface area contributed by atoms with Gasteiger partial charge in [-0.25, -0.2) is 0 Å². The van der Waals surface area contributed by atoms with E-state index < -0.39 is 0 Å². The molecule has 0 aromatic carbocycles. The molecule has 0 unspecified atom stereocenters. The SMILES string of the molecule is CC.CCCCCCCCCCCCCCCN1CCN(C)C1. The highest BCUT2D eigenvalue weighted by Gasteiger charge is 2.14. The van der Waals surface area contributed by atoms with Crippen molar-refractivity contribution in [3.05, 3.63) is 0 Å². The largest absolute Gasteiger partial charge is 0.292 e. The summed E-state index contributed by atoms with van der Waals surface area (Å²) in [5.41, 5.74) is 0. The molecular weight excluding hydrogens is 280 g/mol. The molecule has 1 saturated heterocycles. The van der Waals surface area contributed by atoms with Crippen LogP contribution in [0.5, 0.6) is 0 Å². The van der Waals surface area contributed by atoms with Gasteiger partial charge < -0.3 is 0 Å². The second-order valence-corrected chi connectivity index (χ2v) is 7.08. The maximum Gasteiger partial charge on any atom is 0.0504 e. The van der Waals surface area contributed by atoms with Gasteiger partial charge in [-0.05, 0) is 20.0 Å². The smallest absolute Gasteiger partial charge is 0.0504 e. The predicted octanol–water partition coefficient (Wildman–Crippen LogP) is 6.31. The number of likely N-dealkylation sites (N-methyl/N-ethyl adjacent to an activating group) is 1. The topological polar surface area (TPSA) is 6.48 Å². The zero-order valence-electron chi connectivity index (χ0n) is 16.9. The van der Waals surface area contributed by atoms with Gasteiger partial charge in [0.25, 0.3) is 0 Å². The molecule has 0 aromatic rings. The van der Waals surface area contributed by atoms with Crippen molar-refractivity contribution in [3.63, 3.8) is 0 Å². The summed E-state index contributed by atoms with van der Waals surface area (Å²) in [5.74, 6) is 0. The average molecular weight is 327 g/mol. The highest BCUT2D eigenvalue weighted by Crippen LogP contribution is 2.13. The van der Waals surface area contributed by atoms with Crippen LogP contribution in [0.25, 0.3) is 0 Å². The van der Waals surface area contributed by atoms with Crippen LogP contribution in [0.1, 0.15) is 104 Å². The highest BCUT2D eigenvalue weighted by atomic mass is 15.4. The first-order chi connectivity index (χ1) is 11.3. The highest BCUT2D eigenvalue weighted by molar-refractivity contribution is 4.67. The standard InChI is InChI=1S/C19H40N2.C2H6/c1-3-4-5-6-7-8-9-10-11-12-13-14-15-16-21-18-17-20(2)19-21;1-2/h3-19H2,1-2H3;1-2H3. The van der Waals surface area contributed by atoms with Crippen molar-refractivity contribution in [1.29, 1.82) is 0 Å². The predicted molar refractivity (Wildman–Crippen MR) is 106 cm³/mol. The van der Waals surface area contributed by atoms with Gasteiger partial charge in [0.15, 0.2) is 0 Å². The van der Waals surface area contributed by atoms with E-state index in [9.17, 15) is 0 Å². The Bertz CT molecular complexity index is 218. The lowest BCUT2D eigenvalue weighted by Gasteiger charge is -2.14. The fraction of sp³-hybridized carbons (Fsp3) is 1.00. The second-order valence-electron chi connectivity index (χ2n) is 7.08.